The van der Waals surface area contributed by atoms with Crippen LogP contribution in [0.1, 0.15) is 39.0 Å². The third kappa shape index (κ3) is 7.44. The van der Waals surface area contributed by atoms with Gasteiger partial charge in [0.2, 0.25) is 0 Å². The van der Waals surface area contributed by atoms with Gasteiger partial charge in [0, 0.05) is 49.0 Å². The number of rotatable bonds is 9. The second-order valence-electron chi connectivity index (χ2n) is 11.9. The summed E-state index contributed by atoms with van der Waals surface area (Å²) < 4.78 is 6.05. The minimum atomic E-state index is -0.206. The molecule has 1 fully saturated rings. The van der Waals surface area contributed by atoms with E-state index < -0.39 is 0 Å². The van der Waals surface area contributed by atoms with Crippen LogP contribution in [0.4, 0.5) is 11.4 Å². The molecule has 0 radical (unpaired) electrons. The van der Waals surface area contributed by atoms with E-state index in [1.165, 1.54) is 11.3 Å². The van der Waals surface area contributed by atoms with Gasteiger partial charge in [-0.1, -0.05) is 71.8 Å². The highest BCUT2D eigenvalue weighted by Crippen LogP contribution is 2.36. The summed E-state index contributed by atoms with van der Waals surface area (Å²) in [6, 6.07) is 29.0. The van der Waals surface area contributed by atoms with Crippen LogP contribution in [0, 0.1) is 13.8 Å². The number of halogens is 1. The average Bonchev–Trinajstić information content (AvgIpc) is 3.07. The first kappa shape index (κ1) is 31.4. The van der Waals surface area contributed by atoms with E-state index in [2.05, 4.69) is 40.2 Å². The highest BCUT2D eigenvalue weighted by atomic mass is 35.5. The topological polar surface area (TPSA) is 65.1 Å². The number of nitrogens with zero attached hydrogens (tertiary/aromatic N) is 3. The van der Waals surface area contributed by atoms with Gasteiger partial charge in [-0.05, 0) is 86.0 Å². The van der Waals surface area contributed by atoms with Gasteiger partial charge < -0.3 is 15.0 Å². The molecule has 0 bridgehead atoms. The molecule has 0 unspecified atom stereocenters. The SMILES string of the molecule is Cc1cccc(CN2C(=O)/C(=C\c3ccc(C(=O)NCCCN4CCN(c5cc(Cl)ccc5C)CC4)cc3)Oc3ccccc32)c1. The monoisotopic (exact) mass is 634 g/mol. The summed E-state index contributed by atoms with van der Waals surface area (Å²) in [6.45, 7) is 10.0. The molecule has 6 rings (SSSR count). The number of fused-ring (bicyclic) bond motifs is 1. The zero-order valence-corrected chi connectivity index (χ0v) is 27.1. The Labute approximate surface area is 276 Å². The van der Waals surface area contributed by atoms with Gasteiger partial charge in [-0.25, -0.2) is 0 Å². The Kier molecular flexibility index (Phi) is 9.71. The molecule has 0 spiro atoms. The normalized spacial score (nSPS) is 15.9. The van der Waals surface area contributed by atoms with E-state index in [9.17, 15) is 9.59 Å². The van der Waals surface area contributed by atoms with Crippen LogP contribution in [0.25, 0.3) is 6.08 Å². The molecule has 0 aliphatic carbocycles. The molecule has 1 saturated heterocycles. The Morgan fingerprint density at radius 2 is 1.67 bits per heavy atom. The van der Waals surface area contributed by atoms with Crippen molar-refractivity contribution in [2.75, 3.05) is 49.1 Å². The molecule has 4 aromatic carbocycles. The molecule has 2 aliphatic rings. The summed E-state index contributed by atoms with van der Waals surface area (Å²) in [5.41, 5.74) is 6.75. The van der Waals surface area contributed by atoms with Crippen molar-refractivity contribution in [1.82, 2.24) is 10.2 Å². The van der Waals surface area contributed by atoms with Crippen LogP contribution in [0.5, 0.6) is 5.75 Å². The maximum atomic E-state index is 13.6. The zero-order chi connectivity index (χ0) is 32.0. The fourth-order valence-electron chi connectivity index (χ4n) is 6.04. The van der Waals surface area contributed by atoms with E-state index >= 15 is 0 Å². The number of benzene rings is 4. The lowest BCUT2D eigenvalue weighted by atomic mass is 10.1. The van der Waals surface area contributed by atoms with Crippen molar-refractivity contribution in [1.29, 1.82) is 0 Å². The maximum absolute atomic E-state index is 13.6. The number of para-hydroxylation sites is 2. The molecule has 46 heavy (non-hydrogen) atoms. The summed E-state index contributed by atoms with van der Waals surface area (Å²) in [7, 11) is 0. The highest BCUT2D eigenvalue weighted by Gasteiger charge is 2.30. The van der Waals surface area contributed by atoms with Crippen LogP contribution in [-0.2, 0) is 11.3 Å². The zero-order valence-electron chi connectivity index (χ0n) is 26.3. The standard InChI is InChI=1S/C38H39ClN4O3/c1-27-7-5-8-30(23-27)26-43-33-9-3-4-10-35(33)46-36(38(43)45)24-29-12-14-31(15-13-29)37(44)40-17-6-18-41-19-21-42(22-20-41)34-25-32(39)16-11-28(34)2/h3-5,7-16,23-25H,6,17-22,26H2,1-2H3,(H,40,44)/b36-24+. The summed E-state index contributed by atoms with van der Waals surface area (Å²) in [5.74, 6) is 0.564. The minimum Gasteiger partial charge on any atom is -0.449 e. The van der Waals surface area contributed by atoms with Gasteiger partial charge >= 0.3 is 0 Å². The lowest BCUT2D eigenvalue weighted by molar-refractivity contribution is -0.117. The molecule has 2 heterocycles. The number of carbonyl (C=O) groups excluding carboxylic acids is 2. The number of amides is 2. The maximum Gasteiger partial charge on any atom is 0.294 e. The second kappa shape index (κ2) is 14.2. The summed E-state index contributed by atoms with van der Waals surface area (Å²) >= 11 is 6.23. The van der Waals surface area contributed by atoms with Crippen molar-refractivity contribution in [3.63, 3.8) is 0 Å². The fourth-order valence-corrected chi connectivity index (χ4v) is 6.20. The predicted molar refractivity (Wildman–Crippen MR) is 186 cm³/mol. The van der Waals surface area contributed by atoms with Crippen LogP contribution in [0.15, 0.2) is 96.8 Å². The molecular formula is C38H39ClN4O3. The molecule has 2 amide bonds. The van der Waals surface area contributed by atoms with Crippen molar-refractivity contribution in [3.8, 4) is 5.75 Å². The Bertz CT molecular complexity index is 1750. The van der Waals surface area contributed by atoms with E-state index in [1.54, 1.807) is 23.1 Å². The number of aryl methyl sites for hydroxylation is 2. The Balaban J connectivity index is 1.01. The van der Waals surface area contributed by atoms with Crippen LogP contribution < -0.4 is 19.9 Å². The van der Waals surface area contributed by atoms with E-state index in [1.807, 2.05) is 67.6 Å². The van der Waals surface area contributed by atoms with Crippen LogP contribution >= 0.6 is 11.6 Å². The van der Waals surface area contributed by atoms with E-state index in [4.69, 9.17) is 16.3 Å². The third-order valence-electron chi connectivity index (χ3n) is 8.55. The minimum absolute atomic E-state index is 0.108. The molecule has 1 N–H and O–H groups in total. The second-order valence-corrected chi connectivity index (χ2v) is 12.4. The smallest absolute Gasteiger partial charge is 0.294 e. The number of piperazine rings is 1. The van der Waals surface area contributed by atoms with Gasteiger partial charge in [0.25, 0.3) is 11.8 Å². The average molecular weight is 635 g/mol. The fraction of sp³-hybridized carbons (Fsp3) is 0.263. The van der Waals surface area contributed by atoms with Crippen LogP contribution in [0.2, 0.25) is 5.02 Å². The van der Waals surface area contributed by atoms with Gasteiger partial charge in [0.15, 0.2) is 11.5 Å². The van der Waals surface area contributed by atoms with E-state index in [0.29, 0.717) is 24.4 Å². The first-order valence-electron chi connectivity index (χ1n) is 15.8. The first-order valence-corrected chi connectivity index (χ1v) is 16.2. The number of hydrogen-bond acceptors (Lipinski definition) is 5. The van der Waals surface area contributed by atoms with Gasteiger partial charge in [0.05, 0.1) is 12.2 Å². The lowest BCUT2D eigenvalue weighted by Gasteiger charge is -2.37. The molecule has 2 aliphatic heterocycles. The molecule has 0 saturated carbocycles. The van der Waals surface area contributed by atoms with Crippen molar-refractivity contribution in [3.05, 3.63) is 130 Å². The third-order valence-corrected chi connectivity index (χ3v) is 8.78. The summed E-state index contributed by atoms with van der Waals surface area (Å²) in [5, 5.41) is 3.82. The number of anilines is 2. The van der Waals surface area contributed by atoms with E-state index in [0.717, 1.165) is 66.5 Å². The molecule has 236 valence electrons. The summed E-state index contributed by atoms with van der Waals surface area (Å²) in [4.78, 5) is 33.0. The number of carbonyl (C=O) groups is 2. The molecular weight excluding hydrogens is 596 g/mol. The Morgan fingerprint density at radius 3 is 2.46 bits per heavy atom. The lowest BCUT2D eigenvalue weighted by Crippen LogP contribution is -2.47. The first-order chi connectivity index (χ1) is 22.3. The van der Waals surface area contributed by atoms with Crippen molar-refractivity contribution >= 4 is 40.9 Å². The van der Waals surface area contributed by atoms with Gasteiger partial charge in [-0.15, -0.1) is 0 Å². The van der Waals surface area contributed by atoms with Gasteiger partial charge in [-0.3, -0.25) is 19.4 Å². The Morgan fingerprint density at radius 1 is 0.891 bits per heavy atom. The predicted octanol–water partition coefficient (Wildman–Crippen LogP) is 6.87. The number of nitrogens with one attached hydrogen (secondary N) is 1. The molecule has 8 heteroatoms. The number of ether oxygens (including phenoxy) is 1. The Hall–Kier alpha value is -4.59. The number of hydrogen-bond donors (Lipinski definition) is 1. The summed E-state index contributed by atoms with van der Waals surface area (Å²) in [6.07, 6.45) is 2.61. The molecule has 0 aromatic heterocycles. The van der Waals surface area contributed by atoms with Crippen molar-refractivity contribution in [2.45, 2.75) is 26.8 Å². The molecule has 4 aromatic rings. The molecule has 7 nitrogen and oxygen atoms in total. The largest absolute Gasteiger partial charge is 0.449 e. The highest BCUT2D eigenvalue weighted by molar-refractivity contribution is 6.30. The quantitative estimate of drug-likeness (QED) is 0.161. The van der Waals surface area contributed by atoms with Gasteiger partial charge in [0.1, 0.15) is 0 Å². The van der Waals surface area contributed by atoms with Crippen LogP contribution in [-0.4, -0.2) is 56.0 Å². The van der Waals surface area contributed by atoms with Crippen LogP contribution in [0.3, 0.4) is 0 Å². The van der Waals surface area contributed by atoms with Crippen molar-refractivity contribution < 1.29 is 14.3 Å². The van der Waals surface area contributed by atoms with Gasteiger partial charge in [-0.2, -0.15) is 0 Å². The molecule has 0 atom stereocenters. The van der Waals surface area contributed by atoms with Crippen molar-refractivity contribution in [2.24, 2.45) is 0 Å². The van der Waals surface area contributed by atoms with E-state index in [-0.39, 0.29) is 17.6 Å².